The van der Waals surface area contributed by atoms with Crippen LogP contribution in [0.3, 0.4) is 0 Å². The first kappa shape index (κ1) is 10.3. The van der Waals surface area contributed by atoms with Gasteiger partial charge in [-0.1, -0.05) is 28.1 Å². The summed E-state index contributed by atoms with van der Waals surface area (Å²) >= 11 is 3.23. The van der Waals surface area contributed by atoms with Gasteiger partial charge in [-0.3, -0.25) is 4.79 Å². The summed E-state index contributed by atoms with van der Waals surface area (Å²) in [5, 5.41) is 0.680. The predicted molar refractivity (Wildman–Crippen MR) is 58.3 cm³/mol. The van der Waals surface area contributed by atoms with Crippen molar-refractivity contribution in [2.24, 2.45) is 0 Å². The molecule has 0 atom stereocenters. The summed E-state index contributed by atoms with van der Waals surface area (Å²) in [6.07, 6.45) is 0.495. The van der Waals surface area contributed by atoms with Crippen LogP contribution in [0.1, 0.15) is 22.3 Å². The molecule has 0 spiro atoms. The standard InChI is InChI=1S/C10H12BrNO/c1-7-3-2-4-8(12)10(7)9(13)5-6-11/h2-4H,5-6,12H2,1H3. The van der Waals surface area contributed by atoms with Gasteiger partial charge < -0.3 is 5.73 Å². The molecule has 0 heterocycles. The molecular formula is C10H12BrNO. The number of nitrogens with two attached hydrogens (primary N) is 1. The van der Waals surface area contributed by atoms with E-state index in [0.717, 1.165) is 5.56 Å². The highest BCUT2D eigenvalue weighted by Crippen LogP contribution is 2.18. The third kappa shape index (κ3) is 2.31. The van der Waals surface area contributed by atoms with Gasteiger partial charge in [0.2, 0.25) is 0 Å². The number of benzene rings is 1. The molecule has 0 radical (unpaired) electrons. The molecule has 1 rings (SSSR count). The van der Waals surface area contributed by atoms with Crippen molar-refractivity contribution in [1.29, 1.82) is 0 Å². The maximum atomic E-state index is 11.6. The van der Waals surface area contributed by atoms with Crippen LogP contribution >= 0.6 is 15.9 Å². The molecule has 0 amide bonds. The average Bonchev–Trinajstić information content (AvgIpc) is 2.04. The normalized spacial score (nSPS) is 10.0. The number of hydrogen-bond acceptors (Lipinski definition) is 2. The first-order chi connectivity index (χ1) is 6.16. The van der Waals surface area contributed by atoms with Gasteiger partial charge in [-0.05, 0) is 18.6 Å². The van der Waals surface area contributed by atoms with Crippen molar-refractivity contribution in [2.45, 2.75) is 13.3 Å². The molecule has 1 aromatic rings. The largest absolute Gasteiger partial charge is 0.398 e. The molecule has 2 nitrogen and oxygen atoms in total. The highest BCUT2D eigenvalue weighted by atomic mass is 79.9. The smallest absolute Gasteiger partial charge is 0.166 e. The fourth-order valence-corrected chi connectivity index (χ4v) is 1.64. The Hall–Kier alpha value is -0.830. The summed E-state index contributed by atoms with van der Waals surface area (Å²) in [4.78, 5) is 11.6. The fraction of sp³-hybridized carbons (Fsp3) is 0.300. The molecule has 0 aromatic heterocycles. The first-order valence-corrected chi connectivity index (χ1v) is 5.23. The number of halogens is 1. The molecule has 0 bridgehead atoms. The number of nitrogen functional groups attached to an aromatic ring is 1. The number of ketones is 1. The number of hydrogen-bond donors (Lipinski definition) is 1. The number of alkyl halides is 1. The minimum absolute atomic E-state index is 0.104. The molecule has 70 valence electrons. The lowest BCUT2D eigenvalue weighted by Crippen LogP contribution is -2.06. The van der Waals surface area contributed by atoms with Gasteiger partial charge in [-0.2, -0.15) is 0 Å². The van der Waals surface area contributed by atoms with E-state index in [1.165, 1.54) is 0 Å². The third-order valence-corrected chi connectivity index (χ3v) is 2.30. The van der Waals surface area contributed by atoms with Crippen molar-refractivity contribution in [2.75, 3.05) is 11.1 Å². The molecule has 0 unspecified atom stereocenters. The van der Waals surface area contributed by atoms with E-state index in [4.69, 9.17) is 5.73 Å². The Morgan fingerprint density at radius 2 is 2.23 bits per heavy atom. The molecule has 0 saturated carbocycles. The fourth-order valence-electron chi connectivity index (χ4n) is 1.28. The van der Waals surface area contributed by atoms with E-state index in [-0.39, 0.29) is 5.78 Å². The quantitative estimate of drug-likeness (QED) is 0.502. The molecule has 0 fully saturated rings. The molecule has 0 saturated heterocycles. The summed E-state index contributed by atoms with van der Waals surface area (Å²) in [6.45, 7) is 1.90. The van der Waals surface area contributed by atoms with Crippen LogP contribution < -0.4 is 5.73 Å². The zero-order chi connectivity index (χ0) is 9.84. The lowest BCUT2D eigenvalue weighted by molar-refractivity contribution is 0.0990. The summed E-state index contributed by atoms with van der Waals surface area (Å²) < 4.78 is 0. The maximum absolute atomic E-state index is 11.6. The highest BCUT2D eigenvalue weighted by Gasteiger charge is 2.10. The number of Topliss-reactive ketones (excluding diaryl/α,β-unsaturated/α-hetero) is 1. The summed E-state index contributed by atoms with van der Waals surface area (Å²) in [5.74, 6) is 0.104. The summed E-state index contributed by atoms with van der Waals surface area (Å²) in [5.41, 5.74) is 7.91. The van der Waals surface area contributed by atoms with Gasteiger partial charge >= 0.3 is 0 Å². The van der Waals surface area contributed by atoms with E-state index in [2.05, 4.69) is 15.9 Å². The number of anilines is 1. The number of carbonyl (C=O) groups excluding carboxylic acids is 1. The van der Waals surface area contributed by atoms with Crippen molar-refractivity contribution in [3.8, 4) is 0 Å². The Bertz CT molecular complexity index is 302. The van der Waals surface area contributed by atoms with Crippen molar-refractivity contribution < 1.29 is 4.79 Å². The number of aryl methyl sites for hydroxylation is 1. The van der Waals surface area contributed by atoms with Crippen molar-refractivity contribution >= 4 is 27.4 Å². The molecular weight excluding hydrogens is 230 g/mol. The molecule has 0 aliphatic carbocycles. The number of carbonyl (C=O) groups is 1. The molecule has 2 N–H and O–H groups in total. The van der Waals surface area contributed by atoms with Gasteiger partial charge in [0.1, 0.15) is 0 Å². The molecule has 0 aliphatic heterocycles. The van der Waals surface area contributed by atoms with Crippen LogP contribution in [0, 0.1) is 6.92 Å². The van der Waals surface area contributed by atoms with E-state index in [1.54, 1.807) is 6.07 Å². The van der Waals surface area contributed by atoms with E-state index in [1.807, 2.05) is 19.1 Å². The minimum Gasteiger partial charge on any atom is -0.398 e. The molecule has 13 heavy (non-hydrogen) atoms. The lowest BCUT2D eigenvalue weighted by atomic mass is 10.0. The topological polar surface area (TPSA) is 43.1 Å². The Morgan fingerprint density at radius 1 is 1.54 bits per heavy atom. The Morgan fingerprint density at radius 3 is 2.77 bits per heavy atom. The van der Waals surface area contributed by atoms with Crippen molar-refractivity contribution in [3.05, 3.63) is 29.3 Å². The maximum Gasteiger partial charge on any atom is 0.166 e. The zero-order valence-electron chi connectivity index (χ0n) is 7.51. The second kappa shape index (κ2) is 4.42. The van der Waals surface area contributed by atoms with Gasteiger partial charge in [0.25, 0.3) is 0 Å². The van der Waals surface area contributed by atoms with Gasteiger partial charge in [0.15, 0.2) is 5.78 Å². The highest BCUT2D eigenvalue weighted by molar-refractivity contribution is 9.09. The van der Waals surface area contributed by atoms with Crippen LogP contribution in [-0.4, -0.2) is 11.1 Å². The van der Waals surface area contributed by atoms with E-state index in [9.17, 15) is 4.79 Å². The average molecular weight is 242 g/mol. The minimum atomic E-state index is 0.104. The second-order valence-corrected chi connectivity index (χ2v) is 3.69. The van der Waals surface area contributed by atoms with Crippen LogP contribution in [0.2, 0.25) is 0 Å². The van der Waals surface area contributed by atoms with Gasteiger partial charge in [-0.15, -0.1) is 0 Å². The van der Waals surface area contributed by atoms with Crippen LogP contribution in [0.25, 0.3) is 0 Å². The monoisotopic (exact) mass is 241 g/mol. The third-order valence-electron chi connectivity index (χ3n) is 1.91. The second-order valence-electron chi connectivity index (χ2n) is 2.90. The molecule has 3 heteroatoms. The summed E-state index contributed by atoms with van der Waals surface area (Å²) in [6, 6.07) is 5.52. The predicted octanol–water partition coefficient (Wildman–Crippen LogP) is 2.54. The van der Waals surface area contributed by atoms with Crippen LogP contribution in [-0.2, 0) is 0 Å². The van der Waals surface area contributed by atoms with Gasteiger partial charge in [-0.25, -0.2) is 0 Å². The molecule has 0 aliphatic rings. The Labute approximate surface area is 86.3 Å². The van der Waals surface area contributed by atoms with Crippen LogP contribution in [0.15, 0.2) is 18.2 Å². The summed E-state index contributed by atoms with van der Waals surface area (Å²) in [7, 11) is 0. The Kier molecular flexibility index (Phi) is 3.48. The Balaban J connectivity index is 3.05. The van der Waals surface area contributed by atoms with Crippen LogP contribution in [0.5, 0.6) is 0 Å². The van der Waals surface area contributed by atoms with E-state index < -0.39 is 0 Å². The number of rotatable bonds is 3. The molecule has 1 aromatic carbocycles. The van der Waals surface area contributed by atoms with Crippen molar-refractivity contribution in [3.63, 3.8) is 0 Å². The van der Waals surface area contributed by atoms with Crippen LogP contribution in [0.4, 0.5) is 5.69 Å². The van der Waals surface area contributed by atoms with Crippen molar-refractivity contribution in [1.82, 2.24) is 0 Å². The van der Waals surface area contributed by atoms with Gasteiger partial charge in [0, 0.05) is 23.0 Å². The zero-order valence-corrected chi connectivity index (χ0v) is 9.10. The van der Waals surface area contributed by atoms with Gasteiger partial charge in [0.05, 0.1) is 0 Å². The first-order valence-electron chi connectivity index (χ1n) is 4.11. The van der Waals surface area contributed by atoms with E-state index in [0.29, 0.717) is 23.0 Å². The van der Waals surface area contributed by atoms with E-state index >= 15 is 0 Å². The lowest BCUT2D eigenvalue weighted by Gasteiger charge is -2.06. The SMILES string of the molecule is Cc1cccc(N)c1C(=O)CCBr.